The number of hydrogen-bond donors (Lipinski definition) is 0. The first-order valence-corrected chi connectivity index (χ1v) is 10.2. The highest BCUT2D eigenvalue weighted by Crippen LogP contribution is 2.43. The predicted molar refractivity (Wildman–Crippen MR) is 106 cm³/mol. The zero-order valence-electron chi connectivity index (χ0n) is 16.6. The average molecular weight is 431 g/mol. The predicted octanol–water partition coefficient (Wildman–Crippen LogP) is 2.53. The molecule has 0 unspecified atom stereocenters. The second-order valence-electron chi connectivity index (χ2n) is 8.64. The molecule has 0 aliphatic carbocycles. The van der Waals surface area contributed by atoms with Gasteiger partial charge in [0, 0.05) is 43.5 Å². The third kappa shape index (κ3) is 3.10. The summed E-state index contributed by atoms with van der Waals surface area (Å²) in [6.07, 6.45) is 1.27. The van der Waals surface area contributed by atoms with Crippen LogP contribution < -0.4 is 9.80 Å². The van der Waals surface area contributed by atoms with Crippen molar-refractivity contribution in [1.82, 2.24) is 24.7 Å². The Kier molecular flexibility index (Phi) is 3.95. The molecule has 1 spiro atoms. The van der Waals surface area contributed by atoms with E-state index in [0.29, 0.717) is 18.9 Å². The fraction of sp³-hybridized carbons (Fsp3) is 0.500. The molecule has 0 bridgehead atoms. The highest BCUT2D eigenvalue weighted by molar-refractivity contribution is 5.71. The standard InChI is InChI=1S/C20H20F3N7O/c21-20(22,23)16-5-13(1-3-24-16)29-11-19(12-29)2-4-28(10-19)17-7-25-15-6-26-30(18(15)27-17)14-8-31-9-14/h1,3,5-7,14H,2,4,8-12H2. The van der Waals surface area contributed by atoms with E-state index in [1.54, 1.807) is 18.5 Å². The van der Waals surface area contributed by atoms with E-state index in [1.165, 1.54) is 6.20 Å². The van der Waals surface area contributed by atoms with E-state index in [2.05, 4.69) is 20.0 Å². The monoisotopic (exact) mass is 431 g/mol. The first-order chi connectivity index (χ1) is 14.9. The van der Waals surface area contributed by atoms with Crippen molar-refractivity contribution in [2.75, 3.05) is 49.2 Å². The second-order valence-corrected chi connectivity index (χ2v) is 8.64. The smallest absolute Gasteiger partial charge is 0.377 e. The quantitative estimate of drug-likeness (QED) is 0.631. The van der Waals surface area contributed by atoms with Crippen LogP contribution in [-0.2, 0) is 10.9 Å². The first kappa shape index (κ1) is 18.8. The number of ether oxygens (including phenoxy) is 1. The van der Waals surface area contributed by atoms with Crippen LogP contribution >= 0.6 is 0 Å². The average Bonchev–Trinajstić information content (AvgIpc) is 3.30. The van der Waals surface area contributed by atoms with E-state index in [4.69, 9.17) is 9.72 Å². The van der Waals surface area contributed by atoms with Crippen molar-refractivity contribution in [3.8, 4) is 0 Å². The Morgan fingerprint density at radius 1 is 1.06 bits per heavy atom. The minimum absolute atomic E-state index is 0.0559. The molecule has 3 aliphatic heterocycles. The van der Waals surface area contributed by atoms with Crippen molar-refractivity contribution < 1.29 is 17.9 Å². The van der Waals surface area contributed by atoms with Gasteiger partial charge in [-0.15, -0.1) is 0 Å². The maximum absolute atomic E-state index is 13.0. The van der Waals surface area contributed by atoms with Gasteiger partial charge >= 0.3 is 6.18 Å². The van der Waals surface area contributed by atoms with Gasteiger partial charge < -0.3 is 14.5 Å². The Balaban J connectivity index is 1.17. The van der Waals surface area contributed by atoms with Gasteiger partial charge in [0.25, 0.3) is 0 Å². The number of hydrogen-bond acceptors (Lipinski definition) is 7. The number of aromatic nitrogens is 5. The van der Waals surface area contributed by atoms with Crippen LogP contribution in [0.3, 0.4) is 0 Å². The maximum Gasteiger partial charge on any atom is 0.433 e. The lowest BCUT2D eigenvalue weighted by molar-refractivity contribution is -0.141. The van der Waals surface area contributed by atoms with Crippen LogP contribution in [0, 0.1) is 5.41 Å². The van der Waals surface area contributed by atoms with Gasteiger partial charge in [0.2, 0.25) is 0 Å². The molecule has 3 aliphatic rings. The SMILES string of the molecule is FC(F)(F)c1cc(N2CC3(CCN(c4cnc5cnn(C6COC6)c5n4)C3)C2)ccn1. The summed E-state index contributed by atoms with van der Waals surface area (Å²) in [7, 11) is 0. The molecule has 8 nitrogen and oxygen atoms in total. The number of pyridine rings is 1. The summed E-state index contributed by atoms with van der Waals surface area (Å²) in [6.45, 7) is 4.36. The Labute approximate surface area is 175 Å². The number of fused-ring (bicyclic) bond motifs is 1. The van der Waals surface area contributed by atoms with Crippen LogP contribution in [0.1, 0.15) is 18.2 Å². The fourth-order valence-corrected chi connectivity index (χ4v) is 4.70. The van der Waals surface area contributed by atoms with Crippen molar-refractivity contribution >= 4 is 22.7 Å². The molecule has 0 N–H and O–H groups in total. The van der Waals surface area contributed by atoms with E-state index in [1.807, 2.05) is 9.58 Å². The van der Waals surface area contributed by atoms with Crippen molar-refractivity contribution in [1.29, 1.82) is 0 Å². The number of nitrogens with zero attached hydrogens (tertiary/aromatic N) is 7. The molecule has 3 aromatic rings. The molecule has 162 valence electrons. The summed E-state index contributed by atoms with van der Waals surface area (Å²) in [5, 5.41) is 4.41. The van der Waals surface area contributed by atoms with Gasteiger partial charge in [-0.1, -0.05) is 0 Å². The lowest BCUT2D eigenvalue weighted by Crippen LogP contribution is -2.57. The molecule has 0 aromatic carbocycles. The molecule has 3 aromatic heterocycles. The Morgan fingerprint density at radius 3 is 2.61 bits per heavy atom. The van der Waals surface area contributed by atoms with E-state index in [0.717, 1.165) is 55.6 Å². The molecule has 6 rings (SSSR count). The second kappa shape index (κ2) is 6.52. The Hall–Kier alpha value is -2.95. The summed E-state index contributed by atoms with van der Waals surface area (Å²) < 4.78 is 46.0. The molecular formula is C20H20F3N7O. The summed E-state index contributed by atoms with van der Waals surface area (Å²) in [5.74, 6) is 0.813. The lowest BCUT2D eigenvalue weighted by atomic mass is 9.79. The highest BCUT2D eigenvalue weighted by Gasteiger charge is 2.48. The number of halogens is 3. The van der Waals surface area contributed by atoms with Gasteiger partial charge in [0.1, 0.15) is 23.1 Å². The summed E-state index contributed by atoms with van der Waals surface area (Å²) >= 11 is 0. The van der Waals surface area contributed by atoms with Crippen LogP contribution in [0.2, 0.25) is 0 Å². The van der Waals surface area contributed by atoms with Crippen LogP contribution in [0.5, 0.6) is 0 Å². The van der Waals surface area contributed by atoms with Gasteiger partial charge in [-0.2, -0.15) is 18.3 Å². The minimum atomic E-state index is -4.43. The summed E-state index contributed by atoms with van der Waals surface area (Å²) in [4.78, 5) is 17.0. The van der Waals surface area contributed by atoms with Crippen molar-refractivity contribution in [2.45, 2.75) is 18.6 Å². The van der Waals surface area contributed by atoms with Gasteiger partial charge in [-0.25, -0.2) is 14.6 Å². The van der Waals surface area contributed by atoms with Crippen LogP contribution in [-0.4, -0.2) is 64.1 Å². The molecule has 0 radical (unpaired) electrons. The van der Waals surface area contributed by atoms with Crippen molar-refractivity contribution in [3.63, 3.8) is 0 Å². The molecule has 11 heteroatoms. The molecule has 0 amide bonds. The van der Waals surface area contributed by atoms with Gasteiger partial charge in [0.05, 0.1) is 25.6 Å². The van der Waals surface area contributed by atoms with Crippen molar-refractivity contribution in [3.05, 3.63) is 36.4 Å². The van der Waals surface area contributed by atoms with E-state index in [9.17, 15) is 13.2 Å². The van der Waals surface area contributed by atoms with Gasteiger partial charge in [0.15, 0.2) is 5.65 Å². The van der Waals surface area contributed by atoms with Crippen molar-refractivity contribution in [2.24, 2.45) is 5.41 Å². The number of rotatable bonds is 3. The topological polar surface area (TPSA) is 72.2 Å². The first-order valence-electron chi connectivity index (χ1n) is 10.2. The molecule has 3 saturated heterocycles. The largest absolute Gasteiger partial charge is 0.433 e. The van der Waals surface area contributed by atoms with Crippen LogP contribution in [0.4, 0.5) is 24.7 Å². The Bertz CT molecular complexity index is 1140. The maximum atomic E-state index is 13.0. The van der Waals surface area contributed by atoms with Gasteiger partial charge in [-0.05, 0) is 18.6 Å². The summed E-state index contributed by atoms with van der Waals surface area (Å²) in [6, 6.07) is 2.97. The summed E-state index contributed by atoms with van der Waals surface area (Å²) in [5.41, 5.74) is 1.30. The van der Waals surface area contributed by atoms with E-state index >= 15 is 0 Å². The molecular weight excluding hydrogens is 411 g/mol. The molecule has 6 heterocycles. The molecule has 3 fully saturated rings. The molecule has 0 atom stereocenters. The number of anilines is 2. The zero-order valence-corrected chi connectivity index (χ0v) is 16.6. The Morgan fingerprint density at radius 2 is 1.87 bits per heavy atom. The van der Waals surface area contributed by atoms with E-state index < -0.39 is 11.9 Å². The normalized spacial score (nSPS) is 21.0. The molecule has 0 saturated carbocycles. The third-order valence-corrected chi connectivity index (χ3v) is 6.47. The van der Waals surface area contributed by atoms with Gasteiger partial charge in [-0.3, -0.25) is 4.98 Å². The highest BCUT2D eigenvalue weighted by atomic mass is 19.4. The van der Waals surface area contributed by atoms with Crippen LogP contribution in [0.25, 0.3) is 11.2 Å². The zero-order chi connectivity index (χ0) is 21.2. The number of alkyl halides is 3. The molecule has 31 heavy (non-hydrogen) atoms. The lowest BCUT2D eigenvalue weighted by Gasteiger charge is -2.49. The van der Waals surface area contributed by atoms with E-state index in [-0.39, 0.29) is 11.5 Å². The van der Waals surface area contributed by atoms with Crippen LogP contribution in [0.15, 0.2) is 30.7 Å². The fourth-order valence-electron chi connectivity index (χ4n) is 4.70. The minimum Gasteiger partial charge on any atom is -0.377 e. The third-order valence-electron chi connectivity index (χ3n) is 6.47.